The highest BCUT2D eigenvalue weighted by Crippen LogP contribution is 2.44. The average Bonchev–Trinajstić information content (AvgIpc) is 3.30. The second-order valence-corrected chi connectivity index (χ2v) is 10.5. The first kappa shape index (κ1) is 26.7. The molecular weight excluding hydrogens is 458 g/mol. The number of likely N-dealkylation sites (tertiary alicyclic amines) is 1. The quantitative estimate of drug-likeness (QED) is 0.146. The third kappa shape index (κ3) is 5.79. The van der Waals surface area contributed by atoms with Crippen LogP contribution < -0.4 is 0 Å². The van der Waals surface area contributed by atoms with Gasteiger partial charge in [-0.3, -0.25) is 4.79 Å². The lowest BCUT2D eigenvalue weighted by Crippen LogP contribution is -2.55. The van der Waals surface area contributed by atoms with Crippen molar-refractivity contribution in [3.05, 3.63) is 34.4 Å². The second kappa shape index (κ2) is 12.7. The lowest BCUT2D eigenvalue weighted by molar-refractivity contribution is -0.139. The van der Waals surface area contributed by atoms with E-state index < -0.39 is 11.6 Å². The lowest BCUT2D eigenvalue weighted by atomic mass is 9.79. The van der Waals surface area contributed by atoms with Crippen LogP contribution in [0.3, 0.4) is 0 Å². The molecule has 36 heavy (non-hydrogen) atoms. The fraction of sp³-hybridized carbons (Fsp3) is 0.778. The van der Waals surface area contributed by atoms with E-state index in [-0.39, 0.29) is 24.5 Å². The molecule has 2 fully saturated rings. The summed E-state index contributed by atoms with van der Waals surface area (Å²) >= 11 is 0. The van der Waals surface area contributed by atoms with E-state index in [2.05, 4.69) is 16.6 Å². The molecule has 0 bridgehead atoms. The Labute approximate surface area is 214 Å². The van der Waals surface area contributed by atoms with E-state index in [1.54, 1.807) is 6.08 Å². The van der Waals surface area contributed by atoms with Crippen molar-refractivity contribution in [1.29, 1.82) is 0 Å². The predicted octanol–water partition coefficient (Wildman–Crippen LogP) is 5.21. The number of carbonyl (C=O) groups is 1. The van der Waals surface area contributed by atoms with Crippen molar-refractivity contribution >= 4 is 11.8 Å². The smallest absolute Gasteiger partial charge is 0.255 e. The van der Waals surface area contributed by atoms with Crippen molar-refractivity contribution < 1.29 is 19.4 Å². The number of amides is 1. The molecule has 1 saturated heterocycles. The molecule has 0 spiro atoms. The third-order valence-corrected chi connectivity index (χ3v) is 8.09. The van der Waals surface area contributed by atoms with Crippen molar-refractivity contribution in [1.82, 2.24) is 4.90 Å². The number of hydrogen-bond donors (Lipinski definition) is 1. The zero-order chi connectivity index (χ0) is 25.4. The maximum atomic E-state index is 14.2. The van der Waals surface area contributed by atoms with E-state index in [9.17, 15) is 10.3 Å². The molecule has 1 saturated carbocycles. The second-order valence-electron chi connectivity index (χ2n) is 10.5. The Hall–Kier alpha value is -2.35. The van der Waals surface area contributed by atoms with Gasteiger partial charge in [-0.2, -0.15) is 0 Å². The molecule has 0 aromatic carbocycles. The van der Waals surface area contributed by atoms with Gasteiger partial charge in [0.05, 0.1) is 6.10 Å². The van der Waals surface area contributed by atoms with E-state index >= 15 is 0 Å². The molecule has 0 aromatic heterocycles. The number of aliphatic hydroxyl groups excluding tert-OH is 1. The van der Waals surface area contributed by atoms with Gasteiger partial charge in [-0.15, -0.1) is 6.58 Å². The fourth-order valence-corrected chi connectivity index (χ4v) is 6.19. The topological polar surface area (TPSA) is 120 Å². The minimum absolute atomic E-state index is 0.0153. The lowest BCUT2D eigenvalue weighted by Gasteiger charge is -2.38. The summed E-state index contributed by atoms with van der Waals surface area (Å²) in [6.07, 6.45) is 12.6. The highest BCUT2D eigenvalue weighted by atomic mass is 16.5. The zero-order valence-electron chi connectivity index (χ0n) is 21.4. The standard InChI is InChI=1S/C27H41N5O4/c1-2-15-27(26(34)32-16-6-3-7-17-32)24(22-9-4-5-10-23(22)30-31-28)36-25(29-27)20-11-13-21(14-12-20)35-19-8-18-33/h2,20-21,24,33H,1,3-19H2/t20?,21?,24-,27-/m1/s1. The van der Waals surface area contributed by atoms with Crippen LogP contribution >= 0.6 is 0 Å². The molecule has 2 aliphatic carbocycles. The molecule has 0 radical (unpaired) electrons. The summed E-state index contributed by atoms with van der Waals surface area (Å²) in [7, 11) is 0. The van der Waals surface area contributed by atoms with E-state index in [1.807, 2.05) is 4.90 Å². The van der Waals surface area contributed by atoms with Crippen molar-refractivity contribution in [3.8, 4) is 0 Å². The average molecular weight is 500 g/mol. The van der Waals surface area contributed by atoms with Gasteiger partial charge in [-0.05, 0) is 88.2 Å². The molecule has 198 valence electrons. The first-order valence-corrected chi connectivity index (χ1v) is 13.8. The summed E-state index contributed by atoms with van der Waals surface area (Å²) < 4.78 is 12.6. The van der Waals surface area contributed by atoms with Crippen LogP contribution in [0.4, 0.5) is 0 Å². The summed E-state index contributed by atoms with van der Waals surface area (Å²) in [5.41, 5.74) is 9.78. The largest absolute Gasteiger partial charge is 0.470 e. The summed E-state index contributed by atoms with van der Waals surface area (Å²) in [5.74, 6) is 0.819. The molecule has 0 aromatic rings. The van der Waals surface area contributed by atoms with Gasteiger partial charge in [0.25, 0.3) is 5.91 Å². The number of allylic oxidation sites excluding steroid dienone is 1. The number of piperidine rings is 1. The maximum absolute atomic E-state index is 14.2. The first-order valence-electron chi connectivity index (χ1n) is 13.8. The fourth-order valence-electron chi connectivity index (χ4n) is 6.19. The van der Waals surface area contributed by atoms with Crippen LogP contribution in [-0.2, 0) is 14.3 Å². The Morgan fingerprint density at radius 1 is 1.22 bits per heavy atom. The number of rotatable bonds is 10. The van der Waals surface area contributed by atoms with Crippen molar-refractivity contribution in [3.63, 3.8) is 0 Å². The molecule has 4 aliphatic rings. The van der Waals surface area contributed by atoms with E-state index in [0.717, 1.165) is 82.9 Å². The molecule has 9 heteroatoms. The Morgan fingerprint density at radius 3 is 2.67 bits per heavy atom. The molecule has 1 N–H and O–H groups in total. The number of aliphatic imine (C=N–C) groups is 1. The Balaban J connectivity index is 1.64. The third-order valence-electron chi connectivity index (χ3n) is 8.09. The first-order chi connectivity index (χ1) is 17.6. The summed E-state index contributed by atoms with van der Waals surface area (Å²) in [5, 5.41) is 13.1. The minimum atomic E-state index is -1.09. The van der Waals surface area contributed by atoms with Gasteiger partial charge in [0, 0.05) is 49.3 Å². The van der Waals surface area contributed by atoms with Crippen LogP contribution in [0.25, 0.3) is 10.4 Å². The summed E-state index contributed by atoms with van der Waals surface area (Å²) in [6.45, 7) is 6.20. The van der Waals surface area contributed by atoms with Crippen LogP contribution in [0, 0.1) is 5.92 Å². The maximum Gasteiger partial charge on any atom is 0.255 e. The van der Waals surface area contributed by atoms with Crippen LogP contribution in [0.2, 0.25) is 0 Å². The number of aliphatic hydroxyl groups is 1. The van der Waals surface area contributed by atoms with Gasteiger partial charge >= 0.3 is 0 Å². The highest BCUT2D eigenvalue weighted by molar-refractivity contribution is 5.95. The van der Waals surface area contributed by atoms with E-state index in [4.69, 9.17) is 19.6 Å². The van der Waals surface area contributed by atoms with Crippen LogP contribution in [0.5, 0.6) is 0 Å². The van der Waals surface area contributed by atoms with Gasteiger partial charge in [0.1, 0.15) is 0 Å². The van der Waals surface area contributed by atoms with E-state index in [0.29, 0.717) is 37.5 Å². The van der Waals surface area contributed by atoms with Gasteiger partial charge in [0.15, 0.2) is 17.5 Å². The SMILES string of the molecule is C=CC[C@@]1(C(=O)N2CCCCC2)N=C(C2CCC(OCCCO)CC2)O[C@@H]1C1=C(N=[N+]=[N-])CCCC1. The summed E-state index contributed by atoms with van der Waals surface area (Å²) in [6, 6.07) is 0. The molecule has 2 aliphatic heterocycles. The summed E-state index contributed by atoms with van der Waals surface area (Å²) in [4.78, 5) is 24.4. The van der Waals surface area contributed by atoms with Crippen LogP contribution in [0.15, 0.2) is 34.0 Å². The van der Waals surface area contributed by atoms with Crippen molar-refractivity contribution in [2.24, 2.45) is 16.0 Å². The number of ether oxygens (including phenoxy) is 2. The Bertz CT molecular complexity index is 898. The zero-order valence-corrected chi connectivity index (χ0v) is 21.4. The molecule has 9 nitrogen and oxygen atoms in total. The minimum Gasteiger partial charge on any atom is -0.470 e. The van der Waals surface area contributed by atoms with Crippen molar-refractivity contribution in [2.45, 2.75) is 101 Å². The number of azide groups is 1. The monoisotopic (exact) mass is 499 g/mol. The van der Waals surface area contributed by atoms with E-state index in [1.165, 1.54) is 0 Å². The number of carbonyl (C=O) groups excluding carboxylic acids is 1. The van der Waals surface area contributed by atoms with Gasteiger partial charge < -0.3 is 19.5 Å². The highest BCUT2D eigenvalue weighted by Gasteiger charge is 2.55. The molecule has 0 unspecified atom stereocenters. The normalized spacial score (nSPS) is 30.9. The Morgan fingerprint density at radius 2 is 1.97 bits per heavy atom. The molecule has 2 heterocycles. The van der Waals surface area contributed by atoms with Gasteiger partial charge in [-0.25, -0.2) is 4.99 Å². The van der Waals surface area contributed by atoms with Gasteiger partial charge in [0.2, 0.25) is 0 Å². The predicted molar refractivity (Wildman–Crippen MR) is 138 cm³/mol. The van der Waals surface area contributed by atoms with Crippen molar-refractivity contribution in [2.75, 3.05) is 26.3 Å². The molecule has 1 amide bonds. The molecular formula is C27H41N5O4. The number of hydrogen-bond acceptors (Lipinski definition) is 6. The molecule has 4 rings (SSSR count). The Kier molecular flexibility index (Phi) is 9.46. The van der Waals surface area contributed by atoms with Crippen LogP contribution in [0.1, 0.15) is 83.5 Å². The number of nitrogens with zero attached hydrogens (tertiary/aromatic N) is 5. The van der Waals surface area contributed by atoms with Gasteiger partial charge in [-0.1, -0.05) is 11.2 Å². The van der Waals surface area contributed by atoms with Crippen LogP contribution in [-0.4, -0.2) is 65.9 Å². The molecule has 2 atom stereocenters.